The van der Waals surface area contributed by atoms with Gasteiger partial charge in [-0.05, 0) is 30.0 Å². The first-order chi connectivity index (χ1) is 12.5. The average molecular weight is 406 g/mol. The number of thiophene rings is 2. The number of carbonyl (C=O) groups is 2. The number of nitrogens with zero attached hydrogens (tertiary/aromatic N) is 1. The number of hydrogen-bond acceptors (Lipinski definition) is 6. The van der Waals surface area contributed by atoms with Crippen LogP contribution in [0, 0.1) is 0 Å². The summed E-state index contributed by atoms with van der Waals surface area (Å²) in [5.74, 6) is -0.323. The number of aryl methyl sites for hydroxylation is 1. The van der Waals surface area contributed by atoms with Crippen molar-refractivity contribution in [1.82, 2.24) is 10.3 Å². The molecule has 0 bridgehead atoms. The van der Waals surface area contributed by atoms with Crippen molar-refractivity contribution in [1.29, 1.82) is 0 Å². The van der Waals surface area contributed by atoms with Gasteiger partial charge in [-0.15, -0.1) is 34.0 Å². The lowest BCUT2D eigenvalue weighted by Gasteiger charge is -2.15. The van der Waals surface area contributed by atoms with Gasteiger partial charge in [0.2, 0.25) is 11.8 Å². The van der Waals surface area contributed by atoms with Crippen molar-refractivity contribution >= 4 is 51.0 Å². The first-order valence-corrected chi connectivity index (χ1v) is 10.8. The molecule has 0 unspecified atom stereocenters. The summed E-state index contributed by atoms with van der Waals surface area (Å²) in [6.07, 6.45) is 1.18. The Labute approximate surface area is 164 Å². The lowest BCUT2D eigenvalue weighted by molar-refractivity contribution is -0.120. The summed E-state index contributed by atoms with van der Waals surface area (Å²) < 4.78 is 0. The quantitative estimate of drug-likeness (QED) is 0.598. The average Bonchev–Trinajstić information content (AvgIpc) is 3.34. The van der Waals surface area contributed by atoms with Gasteiger partial charge in [0, 0.05) is 22.1 Å². The van der Waals surface area contributed by atoms with Crippen molar-refractivity contribution in [2.24, 2.45) is 0 Å². The third-order valence-electron chi connectivity index (χ3n) is 3.67. The highest BCUT2D eigenvalue weighted by atomic mass is 32.1. The second kappa shape index (κ2) is 8.57. The van der Waals surface area contributed by atoms with Crippen LogP contribution in [0.1, 0.15) is 36.1 Å². The van der Waals surface area contributed by atoms with Crippen molar-refractivity contribution < 1.29 is 9.59 Å². The van der Waals surface area contributed by atoms with Crippen molar-refractivity contribution in [2.45, 2.75) is 32.7 Å². The van der Waals surface area contributed by atoms with Crippen LogP contribution >= 0.6 is 34.0 Å². The molecule has 136 valence electrons. The number of thiazole rings is 1. The zero-order valence-electron chi connectivity index (χ0n) is 14.4. The van der Waals surface area contributed by atoms with Crippen LogP contribution in [-0.4, -0.2) is 16.8 Å². The topological polar surface area (TPSA) is 71.1 Å². The van der Waals surface area contributed by atoms with E-state index in [0.717, 1.165) is 21.9 Å². The molecule has 3 rings (SSSR count). The van der Waals surface area contributed by atoms with E-state index in [1.807, 2.05) is 22.9 Å². The van der Waals surface area contributed by atoms with Crippen molar-refractivity contribution in [3.8, 4) is 10.6 Å². The molecule has 0 aromatic carbocycles. The Morgan fingerprint density at radius 2 is 2.08 bits per heavy atom. The van der Waals surface area contributed by atoms with Crippen LogP contribution < -0.4 is 10.6 Å². The number of rotatable bonds is 7. The molecule has 0 spiro atoms. The molecule has 0 fully saturated rings. The van der Waals surface area contributed by atoms with E-state index in [9.17, 15) is 9.59 Å². The Bertz CT molecular complexity index is 883. The molecular weight excluding hydrogens is 386 g/mol. The van der Waals surface area contributed by atoms with E-state index < -0.39 is 0 Å². The highest BCUT2D eigenvalue weighted by Gasteiger charge is 2.19. The van der Waals surface area contributed by atoms with Gasteiger partial charge in [0.1, 0.15) is 0 Å². The van der Waals surface area contributed by atoms with Crippen LogP contribution in [0.25, 0.3) is 10.6 Å². The van der Waals surface area contributed by atoms with E-state index in [2.05, 4.69) is 34.7 Å². The minimum atomic E-state index is -0.323. The molecule has 0 aliphatic carbocycles. The molecule has 3 aromatic heterocycles. The number of anilines is 1. The van der Waals surface area contributed by atoms with Crippen LogP contribution in [0.2, 0.25) is 0 Å². The summed E-state index contributed by atoms with van der Waals surface area (Å²) in [6, 6.07) is 7.68. The first-order valence-electron chi connectivity index (χ1n) is 8.20. The fourth-order valence-electron chi connectivity index (χ4n) is 2.46. The molecule has 2 N–H and O–H groups in total. The third-order valence-corrected chi connectivity index (χ3v) is 6.66. The lowest BCUT2D eigenvalue weighted by Crippen LogP contribution is -2.29. The summed E-state index contributed by atoms with van der Waals surface area (Å²) in [6.45, 7) is 3.58. The van der Waals surface area contributed by atoms with Gasteiger partial charge < -0.3 is 10.6 Å². The fraction of sp³-hybridized carbons (Fsp3) is 0.278. The van der Waals surface area contributed by atoms with Gasteiger partial charge in [0.15, 0.2) is 5.13 Å². The molecule has 0 aliphatic heterocycles. The Kier molecular flexibility index (Phi) is 6.18. The first kappa shape index (κ1) is 18.8. The molecular formula is C18H19N3O2S3. The zero-order chi connectivity index (χ0) is 18.5. The van der Waals surface area contributed by atoms with Gasteiger partial charge in [0.05, 0.1) is 23.0 Å². The van der Waals surface area contributed by atoms with Crippen LogP contribution in [0.5, 0.6) is 0 Å². The maximum absolute atomic E-state index is 12.4. The van der Waals surface area contributed by atoms with Gasteiger partial charge in [-0.1, -0.05) is 13.0 Å². The van der Waals surface area contributed by atoms with Crippen LogP contribution in [0.3, 0.4) is 0 Å². The molecule has 26 heavy (non-hydrogen) atoms. The molecule has 3 aromatic rings. The standard InChI is InChI=1S/C18H19N3O2S3/c1-3-12-6-7-16(26-12)14-10-25-18(20-14)21-17(23)9-13(19-11(2)22)15-5-4-8-24-15/h4-8,10,13H,3,9H2,1-2H3,(H,19,22)(H,20,21,23)/t13-/m1/s1. The van der Waals surface area contributed by atoms with Gasteiger partial charge in [-0.25, -0.2) is 4.98 Å². The molecule has 0 saturated heterocycles. The zero-order valence-corrected chi connectivity index (χ0v) is 16.9. The summed E-state index contributed by atoms with van der Waals surface area (Å²) >= 11 is 4.65. The highest BCUT2D eigenvalue weighted by molar-refractivity contribution is 7.17. The Morgan fingerprint density at radius 3 is 2.73 bits per heavy atom. The molecule has 0 aliphatic rings. The molecule has 0 saturated carbocycles. The molecule has 3 heterocycles. The lowest BCUT2D eigenvalue weighted by atomic mass is 10.1. The van der Waals surface area contributed by atoms with Gasteiger partial charge in [-0.2, -0.15) is 0 Å². The SMILES string of the molecule is CCc1ccc(-c2csc(NC(=O)C[C@@H](NC(C)=O)c3cccs3)n2)s1. The summed E-state index contributed by atoms with van der Waals surface area (Å²) in [5.41, 5.74) is 0.881. The van der Waals surface area contributed by atoms with Gasteiger partial charge >= 0.3 is 0 Å². The minimum Gasteiger partial charge on any atom is -0.348 e. The summed E-state index contributed by atoms with van der Waals surface area (Å²) in [7, 11) is 0. The highest BCUT2D eigenvalue weighted by Crippen LogP contribution is 2.31. The Hall–Kier alpha value is -2.03. The molecule has 1 atom stereocenters. The summed E-state index contributed by atoms with van der Waals surface area (Å²) in [4.78, 5) is 31.7. The second-order valence-corrected chi connectivity index (χ2v) is 8.68. The van der Waals surface area contributed by atoms with Crippen molar-refractivity contribution in [2.75, 3.05) is 5.32 Å². The maximum Gasteiger partial charge on any atom is 0.228 e. The normalized spacial score (nSPS) is 11.9. The molecule has 2 amide bonds. The largest absolute Gasteiger partial charge is 0.348 e. The van der Waals surface area contributed by atoms with E-state index in [1.54, 1.807) is 11.3 Å². The number of hydrogen-bond donors (Lipinski definition) is 2. The van der Waals surface area contributed by atoms with Crippen molar-refractivity contribution in [3.05, 3.63) is 44.8 Å². The molecule has 5 nitrogen and oxygen atoms in total. The van der Waals surface area contributed by atoms with Crippen LogP contribution in [0.4, 0.5) is 5.13 Å². The smallest absolute Gasteiger partial charge is 0.228 e. The Morgan fingerprint density at radius 1 is 1.23 bits per heavy atom. The number of amides is 2. The Balaban J connectivity index is 1.64. The predicted octanol–water partition coefficient (Wildman–Crippen LogP) is 4.70. The van der Waals surface area contributed by atoms with Crippen LogP contribution in [-0.2, 0) is 16.0 Å². The molecule has 8 heteroatoms. The van der Waals surface area contributed by atoms with Crippen molar-refractivity contribution in [3.63, 3.8) is 0 Å². The van der Waals surface area contributed by atoms with E-state index in [-0.39, 0.29) is 24.3 Å². The second-order valence-electron chi connectivity index (χ2n) is 5.68. The van der Waals surface area contributed by atoms with E-state index >= 15 is 0 Å². The van der Waals surface area contributed by atoms with E-state index in [0.29, 0.717) is 5.13 Å². The fourth-order valence-corrected chi connectivity index (χ4v) is 4.95. The van der Waals surface area contributed by atoms with E-state index in [1.165, 1.54) is 34.5 Å². The van der Waals surface area contributed by atoms with Gasteiger partial charge in [-0.3, -0.25) is 9.59 Å². The third kappa shape index (κ3) is 4.78. The van der Waals surface area contributed by atoms with E-state index in [4.69, 9.17) is 0 Å². The predicted molar refractivity (Wildman–Crippen MR) is 109 cm³/mol. The summed E-state index contributed by atoms with van der Waals surface area (Å²) in [5, 5.41) is 10.1. The molecule has 0 radical (unpaired) electrons. The number of carbonyl (C=O) groups excluding carboxylic acids is 2. The van der Waals surface area contributed by atoms with Crippen LogP contribution in [0.15, 0.2) is 35.0 Å². The van der Waals surface area contributed by atoms with Gasteiger partial charge in [0.25, 0.3) is 0 Å². The monoisotopic (exact) mass is 405 g/mol. The maximum atomic E-state index is 12.4. The number of aromatic nitrogens is 1. The number of nitrogens with one attached hydrogen (secondary N) is 2. The minimum absolute atomic E-state index is 0.155.